The summed E-state index contributed by atoms with van der Waals surface area (Å²) >= 11 is 12.4. The third kappa shape index (κ3) is 3.37. The Hall–Kier alpha value is -1.14. The molecule has 0 amide bonds. The predicted octanol–water partition coefficient (Wildman–Crippen LogP) is 3.18. The molecule has 0 saturated heterocycles. The standard InChI is InChI=1S/C14H17Cl2FN4/c1-3-11-14(16)13(21(2)20-11)7-12(19-18)9-5-4-8(17)6-10(9)15/h4-6,12,19H,3,7,18H2,1-2H3. The molecule has 2 rings (SSSR count). The summed E-state index contributed by atoms with van der Waals surface area (Å²) in [4.78, 5) is 0. The van der Waals surface area contributed by atoms with Gasteiger partial charge in [0.1, 0.15) is 5.82 Å². The fourth-order valence-corrected chi connectivity index (χ4v) is 2.95. The minimum Gasteiger partial charge on any atom is -0.271 e. The molecule has 0 aliphatic rings. The Kier molecular flexibility index (Phi) is 5.22. The predicted molar refractivity (Wildman–Crippen MR) is 82.8 cm³/mol. The van der Waals surface area contributed by atoms with E-state index in [1.165, 1.54) is 12.1 Å². The van der Waals surface area contributed by atoms with E-state index in [0.717, 1.165) is 23.4 Å². The summed E-state index contributed by atoms with van der Waals surface area (Å²) < 4.78 is 14.9. The van der Waals surface area contributed by atoms with Gasteiger partial charge in [0.2, 0.25) is 0 Å². The molecule has 0 aliphatic heterocycles. The van der Waals surface area contributed by atoms with E-state index in [4.69, 9.17) is 29.0 Å². The van der Waals surface area contributed by atoms with Gasteiger partial charge in [0.15, 0.2) is 0 Å². The number of benzene rings is 1. The summed E-state index contributed by atoms with van der Waals surface area (Å²) in [6.45, 7) is 1.99. The lowest BCUT2D eigenvalue weighted by Gasteiger charge is -2.18. The topological polar surface area (TPSA) is 55.9 Å². The van der Waals surface area contributed by atoms with Crippen LogP contribution in [0.1, 0.15) is 29.9 Å². The SMILES string of the molecule is CCc1nn(C)c(CC(NN)c2ccc(F)cc2Cl)c1Cl. The van der Waals surface area contributed by atoms with E-state index in [1.54, 1.807) is 10.7 Å². The fourth-order valence-electron chi connectivity index (χ4n) is 2.28. The number of nitrogens with zero attached hydrogens (tertiary/aromatic N) is 2. The maximum Gasteiger partial charge on any atom is 0.124 e. The van der Waals surface area contributed by atoms with Crippen molar-refractivity contribution in [2.75, 3.05) is 0 Å². The van der Waals surface area contributed by atoms with E-state index in [-0.39, 0.29) is 11.9 Å². The highest BCUT2D eigenvalue weighted by Gasteiger charge is 2.20. The number of nitrogens with two attached hydrogens (primary N) is 1. The molecule has 114 valence electrons. The smallest absolute Gasteiger partial charge is 0.124 e. The number of nitrogens with one attached hydrogen (secondary N) is 1. The largest absolute Gasteiger partial charge is 0.271 e. The highest BCUT2D eigenvalue weighted by Crippen LogP contribution is 2.29. The zero-order valence-electron chi connectivity index (χ0n) is 11.8. The van der Waals surface area contributed by atoms with Crippen LogP contribution in [-0.4, -0.2) is 9.78 Å². The number of rotatable bonds is 5. The monoisotopic (exact) mass is 330 g/mol. The van der Waals surface area contributed by atoms with Crippen molar-refractivity contribution in [3.05, 3.63) is 51.0 Å². The van der Waals surface area contributed by atoms with Crippen molar-refractivity contribution in [2.45, 2.75) is 25.8 Å². The van der Waals surface area contributed by atoms with Gasteiger partial charge in [-0.25, -0.2) is 4.39 Å². The first-order valence-corrected chi connectivity index (χ1v) is 7.34. The summed E-state index contributed by atoms with van der Waals surface area (Å²) in [5, 5.41) is 5.33. The molecule has 7 heteroatoms. The van der Waals surface area contributed by atoms with E-state index in [2.05, 4.69) is 10.5 Å². The van der Waals surface area contributed by atoms with Crippen LogP contribution in [0.2, 0.25) is 10.0 Å². The molecule has 1 aromatic carbocycles. The summed E-state index contributed by atoms with van der Waals surface area (Å²) in [6.07, 6.45) is 1.26. The highest BCUT2D eigenvalue weighted by molar-refractivity contribution is 6.32. The Bertz CT molecular complexity index is 642. The zero-order valence-corrected chi connectivity index (χ0v) is 13.3. The second kappa shape index (κ2) is 6.75. The molecule has 21 heavy (non-hydrogen) atoms. The molecule has 0 saturated carbocycles. The molecule has 3 N–H and O–H groups in total. The molecular weight excluding hydrogens is 314 g/mol. The van der Waals surface area contributed by atoms with Gasteiger partial charge in [-0.15, -0.1) is 0 Å². The number of hydrogen-bond acceptors (Lipinski definition) is 3. The van der Waals surface area contributed by atoms with Crippen LogP contribution in [0, 0.1) is 5.82 Å². The van der Waals surface area contributed by atoms with Crippen molar-refractivity contribution in [1.29, 1.82) is 0 Å². The van der Waals surface area contributed by atoms with Crippen molar-refractivity contribution in [1.82, 2.24) is 15.2 Å². The van der Waals surface area contributed by atoms with Gasteiger partial charge < -0.3 is 0 Å². The molecular formula is C14H17Cl2FN4. The van der Waals surface area contributed by atoms with Crippen LogP contribution in [-0.2, 0) is 19.9 Å². The Morgan fingerprint density at radius 1 is 1.43 bits per heavy atom. The van der Waals surface area contributed by atoms with Gasteiger partial charge in [0.25, 0.3) is 0 Å². The minimum atomic E-state index is -0.383. The van der Waals surface area contributed by atoms with E-state index in [0.29, 0.717) is 16.5 Å². The van der Waals surface area contributed by atoms with Crippen molar-refractivity contribution < 1.29 is 4.39 Å². The molecule has 1 heterocycles. The average molecular weight is 331 g/mol. The average Bonchev–Trinajstić information content (AvgIpc) is 2.72. The van der Waals surface area contributed by atoms with Crippen molar-refractivity contribution in [2.24, 2.45) is 12.9 Å². The number of aromatic nitrogens is 2. The van der Waals surface area contributed by atoms with E-state index >= 15 is 0 Å². The molecule has 0 bridgehead atoms. The minimum absolute atomic E-state index is 0.282. The maximum absolute atomic E-state index is 13.1. The number of halogens is 3. The van der Waals surface area contributed by atoms with Crippen molar-refractivity contribution in [3.63, 3.8) is 0 Å². The lowest BCUT2D eigenvalue weighted by Crippen LogP contribution is -2.30. The van der Waals surface area contributed by atoms with Crippen LogP contribution in [0.15, 0.2) is 18.2 Å². The van der Waals surface area contributed by atoms with Gasteiger partial charge in [0, 0.05) is 18.5 Å². The number of hydrogen-bond donors (Lipinski definition) is 2. The van der Waals surface area contributed by atoms with Crippen molar-refractivity contribution in [3.8, 4) is 0 Å². The highest BCUT2D eigenvalue weighted by atomic mass is 35.5. The van der Waals surface area contributed by atoms with Crippen molar-refractivity contribution >= 4 is 23.2 Å². The van der Waals surface area contributed by atoms with Gasteiger partial charge in [-0.3, -0.25) is 16.0 Å². The maximum atomic E-state index is 13.1. The molecule has 2 aromatic rings. The summed E-state index contributed by atoms with van der Waals surface area (Å²) in [7, 11) is 1.83. The second-order valence-electron chi connectivity index (χ2n) is 4.77. The van der Waals surface area contributed by atoms with Crippen LogP contribution < -0.4 is 11.3 Å². The third-order valence-corrected chi connectivity index (χ3v) is 4.20. The first-order chi connectivity index (χ1) is 9.97. The molecule has 0 aliphatic carbocycles. The molecule has 0 fully saturated rings. The Balaban J connectivity index is 2.33. The summed E-state index contributed by atoms with van der Waals surface area (Å²) in [5.74, 6) is 5.24. The Morgan fingerprint density at radius 2 is 2.14 bits per heavy atom. The quantitative estimate of drug-likeness (QED) is 0.654. The van der Waals surface area contributed by atoms with Gasteiger partial charge in [-0.05, 0) is 24.1 Å². The van der Waals surface area contributed by atoms with Gasteiger partial charge >= 0.3 is 0 Å². The number of aryl methyl sites for hydroxylation is 2. The summed E-state index contributed by atoms with van der Waals surface area (Å²) in [5.41, 5.74) is 5.12. The Morgan fingerprint density at radius 3 is 2.67 bits per heavy atom. The zero-order chi connectivity index (χ0) is 15.6. The van der Waals surface area contributed by atoms with Gasteiger partial charge in [-0.2, -0.15) is 5.10 Å². The molecule has 1 unspecified atom stereocenters. The van der Waals surface area contributed by atoms with Gasteiger partial charge in [-0.1, -0.05) is 36.2 Å². The van der Waals surface area contributed by atoms with E-state index < -0.39 is 0 Å². The molecule has 0 spiro atoms. The van der Waals surface area contributed by atoms with Crippen LogP contribution in [0.3, 0.4) is 0 Å². The first kappa shape index (κ1) is 16.2. The van der Waals surface area contributed by atoms with Gasteiger partial charge in [0.05, 0.1) is 22.5 Å². The van der Waals surface area contributed by atoms with E-state index in [1.807, 2.05) is 14.0 Å². The van der Waals surface area contributed by atoms with Crippen LogP contribution >= 0.6 is 23.2 Å². The first-order valence-electron chi connectivity index (χ1n) is 6.59. The second-order valence-corrected chi connectivity index (χ2v) is 5.56. The lowest BCUT2D eigenvalue weighted by atomic mass is 10.0. The van der Waals surface area contributed by atoms with E-state index in [9.17, 15) is 4.39 Å². The van der Waals surface area contributed by atoms with Crippen LogP contribution in [0.5, 0.6) is 0 Å². The third-order valence-electron chi connectivity index (χ3n) is 3.44. The molecule has 4 nitrogen and oxygen atoms in total. The normalized spacial score (nSPS) is 12.7. The Labute approximate surface area is 133 Å². The van der Waals surface area contributed by atoms with Crippen LogP contribution in [0.25, 0.3) is 0 Å². The van der Waals surface area contributed by atoms with Crippen LogP contribution in [0.4, 0.5) is 4.39 Å². The number of hydrazine groups is 1. The fraction of sp³-hybridized carbons (Fsp3) is 0.357. The molecule has 0 radical (unpaired) electrons. The lowest BCUT2D eigenvalue weighted by molar-refractivity contribution is 0.528. The summed E-state index contributed by atoms with van der Waals surface area (Å²) in [6, 6.07) is 3.96. The molecule has 1 aromatic heterocycles. The molecule has 1 atom stereocenters.